The van der Waals surface area contributed by atoms with Crippen molar-refractivity contribution in [2.75, 3.05) is 47.6 Å². The lowest BCUT2D eigenvalue weighted by atomic mass is 9.98. The average molecular weight is 427 g/mol. The van der Waals surface area contributed by atoms with E-state index in [-0.39, 0.29) is 11.5 Å². The van der Waals surface area contributed by atoms with Crippen LogP contribution in [0, 0.1) is 0 Å². The van der Waals surface area contributed by atoms with E-state index >= 15 is 0 Å². The standard InChI is InChI=1S/C23H25NO7/c1-27-19-10-14(11-20(28-2)23(19)29-3)22(26)16-13-31-18-5-4-17(25)15(21(16)18)12-24-6-8-30-9-7-24/h4-5,10-11,13,25H,6-9,12H2,1-3H3. The van der Waals surface area contributed by atoms with Gasteiger partial charge in [-0.05, 0) is 24.3 Å². The number of carbonyl (C=O) groups is 1. The van der Waals surface area contributed by atoms with E-state index in [0.29, 0.717) is 64.7 Å². The van der Waals surface area contributed by atoms with Gasteiger partial charge in [0.2, 0.25) is 5.75 Å². The number of rotatable bonds is 7. The van der Waals surface area contributed by atoms with Gasteiger partial charge < -0.3 is 28.5 Å². The summed E-state index contributed by atoms with van der Waals surface area (Å²) in [5.74, 6) is 1.03. The number of furan rings is 1. The van der Waals surface area contributed by atoms with E-state index in [0.717, 1.165) is 13.1 Å². The fourth-order valence-electron chi connectivity index (χ4n) is 3.87. The van der Waals surface area contributed by atoms with Crippen LogP contribution >= 0.6 is 0 Å². The second kappa shape index (κ2) is 8.87. The minimum Gasteiger partial charge on any atom is -0.508 e. The Kier molecular flexibility index (Phi) is 6.01. The molecule has 0 unspecified atom stereocenters. The highest BCUT2D eigenvalue weighted by Gasteiger charge is 2.24. The molecule has 1 saturated heterocycles. The van der Waals surface area contributed by atoms with Crippen LogP contribution < -0.4 is 14.2 Å². The van der Waals surface area contributed by atoms with Crippen LogP contribution in [0.1, 0.15) is 21.5 Å². The summed E-state index contributed by atoms with van der Waals surface area (Å²) in [6.45, 7) is 3.27. The molecular weight excluding hydrogens is 402 g/mol. The van der Waals surface area contributed by atoms with Gasteiger partial charge in [-0.25, -0.2) is 0 Å². The number of phenols is 1. The molecule has 0 radical (unpaired) electrons. The number of nitrogens with zero attached hydrogens (tertiary/aromatic N) is 1. The highest BCUT2D eigenvalue weighted by atomic mass is 16.5. The highest BCUT2D eigenvalue weighted by molar-refractivity contribution is 6.17. The predicted molar refractivity (Wildman–Crippen MR) is 114 cm³/mol. The first-order chi connectivity index (χ1) is 15.1. The molecule has 8 nitrogen and oxygen atoms in total. The molecule has 0 atom stereocenters. The molecule has 4 rings (SSSR count). The number of phenolic OH excluding ortho intramolecular Hbond substituents is 1. The molecule has 0 aliphatic carbocycles. The van der Waals surface area contributed by atoms with E-state index < -0.39 is 0 Å². The van der Waals surface area contributed by atoms with Gasteiger partial charge >= 0.3 is 0 Å². The molecule has 1 N–H and O–H groups in total. The first-order valence-corrected chi connectivity index (χ1v) is 9.94. The number of ketones is 1. The second-order valence-electron chi connectivity index (χ2n) is 7.22. The molecule has 2 heterocycles. The summed E-state index contributed by atoms with van der Waals surface area (Å²) in [5, 5.41) is 11.2. The Morgan fingerprint density at radius 2 is 1.74 bits per heavy atom. The highest BCUT2D eigenvalue weighted by Crippen LogP contribution is 2.40. The van der Waals surface area contributed by atoms with Crippen LogP contribution in [0.25, 0.3) is 11.0 Å². The maximum absolute atomic E-state index is 13.5. The number of ether oxygens (including phenoxy) is 4. The van der Waals surface area contributed by atoms with Crippen molar-refractivity contribution in [2.45, 2.75) is 6.54 Å². The second-order valence-corrected chi connectivity index (χ2v) is 7.22. The van der Waals surface area contributed by atoms with E-state index in [1.54, 1.807) is 24.3 Å². The van der Waals surface area contributed by atoms with Crippen molar-refractivity contribution in [1.29, 1.82) is 0 Å². The molecule has 0 saturated carbocycles. The van der Waals surface area contributed by atoms with E-state index in [4.69, 9.17) is 23.4 Å². The van der Waals surface area contributed by atoms with Gasteiger partial charge in [-0.2, -0.15) is 0 Å². The number of fused-ring (bicyclic) bond motifs is 1. The fourth-order valence-corrected chi connectivity index (χ4v) is 3.87. The van der Waals surface area contributed by atoms with Gasteiger partial charge in [-0.1, -0.05) is 0 Å². The Morgan fingerprint density at radius 3 is 2.35 bits per heavy atom. The molecule has 0 amide bonds. The molecule has 1 aromatic heterocycles. The number of methoxy groups -OCH3 is 3. The van der Waals surface area contributed by atoms with Crippen LogP contribution in [-0.4, -0.2) is 63.4 Å². The van der Waals surface area contributed by atoms with E-state index in [1.165, 1.54) is 27.6 Å². The number of hydrogen-bond acceptors (Lipinski definition) is 8. The molecule has 0 spiro atoms. The van der Waals surface area contributed by atoms with Crippen molar-refractivity contribution in [1.82, 2.24) is 4.90 Å². The molecular formula is C23H25NO7. The number of hydrogen-bond donors (Lipinski definition) is 1. The van der Waals surface area contributed by atoms with Gasteiger partial charge in [0.15, 0.2) is 17.3 Å². The summed E-state index contributed by atoms with van der Waals surface area (Å²) in [7, 11) is 4.50. The number of carbonyl (C=O) groups excluding carboxylic acids is 1. The van der Waals surface area contributed by atoms with E-state index in [1.807, 2.05) is 0 Å². The maximum atomic E-state index is 13.5. The van der Waals surface area contributed by atoms with Crippen molar-refractivity contribution in [3.8, 4) is 23.0 Å². The van der Waals surface area contributed by atoms with E-state index in [2.05, 4.69) is 4.90 Å². The van der Waals surface area contributed by atoms with Crippen LogP contribution in [0.15, 0.2) is 34.9 Å². The average Bonchev–Trinajstić information content (AvgIpc) is 3.24. The van der Waals surface area contributed by atoms with Crippen molar-refractivity contribution >= 4 is 16.8 Å². The largest absolute Gasteiger partial charge is 0.508 e. The number of benzene rings is 2. The minimum atomic E-state index is -0.271. The van der Waals surface area contributed by atoms with Gasteiger partial charge in [0.1, 0.15) is 17.6 Å². The predicted octanol–water partition coefficient (Wildman–Crippen LogP) is 3.23. The van der Waals surface area contributed by atoms with Crippen molar-refractivity contribution < 1.29 is 33.3 Å². The molecule has 1 fully saturated rings. The summed E-state index contributed by atoms with van der Waals surface area (Å²) in [4.78, 5) is 15.7. The first kappa shape index (κ1) is 21.0. The summed E-state index contributed by atoms with van der Waals surface area (Å²) in [6, 6.07) is 6.47. The molecule has 8 heteroatoms. The fraction of sp³-hybridized carbons (Fsp3) is 0.348. The van der Waals surface area contributed by atoms with Crippen molar-refractivity contribution in [3.63, 3.8) is 0 Å². The molecule has 0 bridgehead atoms. The van der Waals surface area contributed by atoms with Crippen LogP contribution in [0.2, 0.25) is 0 Å². The van der Waals surface area contributed by atoms with Gasteiger partial charge in [0.25, 0.3) is 0 Å². The quantitative estimate of drug-likeness (QED) is 0.575. The molecule has 3 aromatic rings. The van der Waals surface area contributed by atoms with Gasteiger partial charge in [-0.15, -0.1) is 0 Å². The monoisotopic (exact) mass is 427 g/mol. The summed E-state index contributed by atoms with van der Waals surface area (Å²) < 4.78 is 27.2. The Morgan fingerprint density at radius 1 is 1.06 bits per heavy atom. The van der Waals surface area contributed by atoms with Crippen LogP contribution in [-0.2, 0) is 11.3 Å². The lowest BCUT2D eigenvalue weighted by Gasteiger charge is -2.27. The third-order valence-corrected chi connectivity index (χ3v) is 5.48. The van der Waals surface area contributed by atoms with Crippen molar-refractivity contribution in [2.24, 2.45) is 0 Å². The maximum Gasteiger partial charge on any atom is 0.203 e. The molecule has 164 valence electrons. The Labute approximate surface area is 179 Å². The Balaban J connectivity index is 1.79. The third kappa shape index (κ3) is 3.92. The lowest BCUT2D eigenvalue weighted by Crippen LogP contribution is -2.35. The van der Waals surface area contributed by atoms with Gasteiger partial charge in [-0.3, -0.25) is 9.69 Å². The number of aromatic hydroxyl groups is 1. The van der Waals surface area contributed by atoms with Gasteiger partial charge in [0, 0.05) is 36.1 Å². The molecule has 31 heavy (non-hydrogen) atoms. The van der Waals surface area contributed by atoms with Crippen LogP contribution in [0.3, 0.4) is 0 Å². The summed E-state index contributed by atoms with van der Waals surface area (Å²) in [6.07, 6.45) is 1.43. The smallest absolute Gasteiger partial charge is 0.203 e. The third-order valence-electron chi connectivity index (χ3n) is 5.48. The Hall–Kier alpha value is -3.23. The summed E-state index contributed by atoms with van der Waals surface area (Å²) >= 11 is 0. The van der Waals surface area contributed by atoms with Crippen molar-refractivity contribution in [3.05, 3.63) is 47.2 Å². The number of morpholine rings is 1. The minimum absolute atomic E-state index is 0.124. The zero-order chi connectivity index (χ0) is 22.0. The van der Waals surface area contributed by atoms with Crippen LogP contribution in [0.4, 0.5) is 0 Å². The molecule has 1 aliphatic heterocycles. The topological polar surface area (TPSA) is 90.6 Å². The van der Waals surface area contributed by atoms with Gasteiger partial charge in [0.05, 0.1) is 40.1 Å². The molecule has 1 aliphatic rings. The van der Waals surface area contributed by atoms with E-state index in [9.17, 15) is 9.90 Å². The SMILES string of the molecule is COc1cc(C(=O)c2coc3ccc(O)c(CN4CCOCC4)c23)cc(OC)c1OC. The summed E-state index contributed by atoms with van der Waals surface area (Å²) in [5.41, 5.74) is 1.92. The zero-order valence-corrected chi connectivity index (χ0v) is 17.8. The van der Waals surface area contributed by atoms with Crippen LogP contribution in [0.5, 0.6) is 23.0 Å². The molecule has 2 aromatic carbocycles. The normalized spacial score (nSPS) is 14.5. The zero-order valence-electron chi connectivity index (χ0n) is 17.8. The lowest BCUT2D eigenvalue weighted by molar-refractivity contribution is 0.0340. The Bertz CT molecular complexity index is 1070. The first-order valence-electron chi connectivity index (χ1n) is 9.94.